The second-order valence-electron chi connectivity index (χ2n) is 12.5. The average molecular weight is 631 g/mol. The smallest absolute Gasteiger partial charge is 0.338 e. The van der Waals surface area contributed by atoms with Crippen LogP contribution in [0.25, 0.3) is 42.4 Å². The molecular weight excluding hydrogens is 593 g/mol. The number of ether oxygens (including phenoxy) is 2. The third kappa shape index (κ3) is 5.77. The van der Waals surface area contributed by atoms with E-state index in [1.807, 2.05) is 72.9 Å². The first-order chi connectivity index (χ1) is 19.8. The van der Waals surface area contributed by atoms with Gasteiger partial charge in [0.15, 0.2) is 0 Å². The number of hydrogen-bond acceptors (Lipinski definition) is 6. The number of hydrogen-bond donors (Lipinski definition) is 0. The molecule has 2 heterocycles. The highest BCUT2D eigenvalue weighted by atomic mass is 32.1. The predicted octanol–water partition coefficient (Wildman–Crippen LogP) is 8.89. The highest BCUT2D eigenvalue weighted by Crippen LogP contribution is 2.40. The molecule has 5 aromatic rings. The molecule has 0 saturated heterocycles. The standard InChI is InChI=1S/C34H38O4S2Si2/c1-9-37-33(35)27-17-24(22-14-12-16-30-26(22)20-32(40-30)42(6,7)8)28(34(36)38-10-2)18-23(27)21-13-11-15-29-25(21)19-31(39-29)41(3,4)5/h11-20H,9-10H2,1-8H3. The molecule has 0 amide bonds. The van der Waals surface area contributed by atoms with E-state index < -0.39 is 28.1 Å². The maximum absolute atomic E-state index is 13.6. The average Bonchev–Trinajstić information content (AvgIpc) is 3.57. The van der Waals surface area contributed by atoms with Gasteiger partial charge in [0.2, 0.25) is 0 Å². The summed E-state index contributed by atoms with van der Waals surface area (Å²) in [6, 6.07) is 20.6. The molecule has 8 heteroatoms. The highest BCUT2D eigenvalue weighted by molar-refractivity contribution is 7.32. The first kappa shape index (κ1) is 30.4. The lowest BCUT2D eigenvalue weighted by molar-refractivity contribution is 0.0513. The molecule has 0 atom stereocenters. The van der Waals surface area contributed by atoms with Crippen molar-refractivity contribution in [3.63, 3.8) is 0 Å². The van der Waals surface area contributed by atoms with Gasteiger partial charge < -0.3 is 9.47 Å². The molecule has 4 nitrogen and oxygen atoms in total. The molecule has 3 aromatic carbocycles. The Morgan fingerprint density at radius 3 is 1.31 bits per heavy atom. The van der Waals surface area contributed by atoms with Crippen LogP contribution in [-0.2, 0) is 9.47 Å². The minimum Gasteiger partial charge on any atom is -0.462 e. The normalized spacial score (nSPS) is 12.2. The molecule has 0 saturated carbocycles. The third-order valence-electron chi connectivity index (χ3n) is 7.33. The first-order valence-corrected chi connectivity index (χ1v) is 23.1. The van der Waals surface area contributed by atoms with Crippen LogP contribution in [0.15, 0.2) is 60.7 Å². The molecule has 2 aromatic heterocycles. The second kappa shape index (κ2) is 11.6. The quantitative estimate of drug-likeness (QED) is 0.127. The van der Waals surface area contributed by atoms with Crippen molar-refractivity contribution in [2.24, 2.45) is 0 Å². The summed E-state index contributed by atoms with van der Waals surface area (Å²) in [5, 5.41) is 2.18. The van der Waals surface area contributed by atoms with Gasteiger partial charge in [-0.1, -0.05) is 63.5 Å². The maximum Gasteiger partial charge on any atom is 0.338 e. The SMILES string of the molecule is CCOC(=O)c1cc(-c2cccc3sc([Si](C)(C)C)cc23)c(C(=O)OCC)cc1-c1cccc2sc([Si](C)(C)C)cc12. The van der Waals surface area contributed by atoms with Gasteiger partial charge >= 0.3 is 11.9 Å². The van der Waals surface area contributed by atoms with Crippen molar-refractivity contribution in [2.45, 2.75) is 53.1 Å². The lowest BCUT2D eigenvalue weighted by Crippen LogP contribution is -2.34. The lowest BCUT2D eigenvalue weighted by Gasteiger charge is -2.17. The van der Waals surface area contributed by atoms with Crippen LogP contribution in [0.5, 0.6) is 0 Å². The van der Waals surface area contributed by atoms with Crippen molar-refractivity contribution in [1.82, 2.24) is 0 Å². The summed E-state index contributed by atoms with van der Waals surface area (Å²) >= 11 is 3.64. The number of thiophene rings is 2. The van der Waals surface area contributed by atoms with Crippen LogP contribution < -0.4 is 9.00 Å². The summed E-state index contributed by atoms with van der Waals surface area (Å²) in [5.74, 6) is -0.802. The van der Waals surface area contributed by atoms with Crippen LogP contribution in [0, 0.1) is 0 Å². The number of carbonyl (C=O) groups is 2. The van der Waals surface area contributed by atoms with Gasteiger partial charge in [-0.25, -0.2) is 9.59 Å². The van der Waals surface area contributed by atoms with Gasteiger partial charge in [-0.3, -0.25) is 0 Å². The fraction of sp³-hybridized carbons (Fsp3) is 0.294. The number of rotatable bonds is 8. The Balaban J connectivity index is 1.84. The Kier molecular flexibility index (Phi) is 8.37. The van der Waals surface area contributed by atoms with E-state index in [0.29, 0.717) is 22.3 Å². The minimum atomic E-state index is -1.56. The Labute approximate surface area is 258 Å². The Morgan fingerprint density at radius 1 is 0.595 bits per heavy atom. The molecule has 0 aliphatic rings. The van der Waals surface area contributed by atoms with Crippen molar-refractivity contribution >= 4 is 79.9 Å². The summed E-state index contributed by atoms with van der Waals surface area (Å²) in [6.07, 6.45) is 0. The van der Waals surface area contributed by atoms with Gasteiger partial charge in [0, 0.05) is 20.2 Å². The van der Waals surface area contributed by atoms with E-state index in [9.17, 15) is 9.59 Å². The number of fused-ring (bicyclic) bond motifs is 2. The van der Waals surface area contributed by atoms with E-state index in [2.05, 4.69) is 63.5 Å². The van der Waals surface area contributed by atoms with E-state index in [1.54, 1.807) is 0 Å². The number of esters is 2. The van der Waals surface area contributed by atoms with Gasteiger partial charge in [-0.15, -0.1) is 22.7 Å². The molecule has 0 unspecified atom stereocenters. The first-order valence-electron chi connectivity index (χ1n) is 14.4. The Morgan fingerprint density at radius 2 is 0.976 bits per heavy atom. The lowest BCUT2D eigenvalue weighted by atomic mass is 9.88. The monoisotopic (exact) mass is 630 g/mol. The van der Waals surface area contributed by atoms with Crippen LogP contribution in [0.1, 0.15) is 34.6 Å². The van der Waals surface area contributed by atoms with Crippen molar-refractivity contribution < 1.29 is 19.1 Å². The van der Waals surface area contributed by atoms with Gasteiger partial charge in [-0.2, -0.15) is 0 Å². The molecule has 0 bridgehead atoms. The fourth-order valence-corrected chi connectivity index (χ4v) is 11.1. The molecular formula is C34H38O4S2Si2. The third-order valence-corrected chi connectivity index (χ3v) is 16.7. The summed E-state index contributed by atoms with van der Waals surface area (Å²) in [7, 11) is -3.12. The summed E-state index contributed by atoms with van der Waals surface area (Å²) < 4.78 is 16.3. The van der Waals surface area contributed by atoms with Crippen molar-refractivity contribution in [3.8, 4) is 22.3 Å². The maximum atomic E-state index is 13.6. The zero-order chi connectivity index (χ0) is 30.4. The van der Waals surface area contributed by atoms with Crippen molar-refractivity contribution in [1.29, 1.82) is 0 Å². The molecule has 218 valence electrons. The molecule has 0 radical (unpaired) electrons. The zero-order valence-corrected chi connectivity index (χ0v) is 29.3. The van der Waals surface area contributed by atoms with E-state index in [-0.39, 0.29) is 13.2 Å². The zero-order valence-electron chi connectivity index (χ0n) is 25.6. The van der Waals surface area contributed by atoms with Crippen LogP contribution >= 0.6 is 22.7 Å². The molecule has 0 aliphatic carbocycles. The summed E-state index contributed by atoms with van der Waals surface area (Å²) in [4.78, 5) is 27.2. The highest BCUT2D eigenvalue weighted by Gasteiger charge is 2.27. The molecule has 5 rings (SSSR count). The molecule has 0 N–H and O–H groups in total. The van der Waals surface area contributed by atoms with Crippen LogP contribution in [0.3, 0.4) is 0 Å². The molecule has 0 spiro atoms. The van der Waals surface area contributed by atoms with Gasteiger partial charge in [0.1, 0.15) is 0 Å². The topological polar surface area (TPSA) is 52.6 Å². The van der Waals surface area contributed by atoms with Gasteiger partial charge in [0.05, 0.1) is 40.5 Å². The predicted molar refractivity (Wildman–Crippen MR) is 186 cm³/mol. The van der Waals surface area contributed by atoms with E-state index in [0.717, 1.165) is 21.9 Å². The van der Waals surface area contributed by atoms with Crippen molar-refractivity contribution in [3.05, 3.63) is 71.8 Å². The van der Waals surface area contributed by atoms with E-state index in [1.165, 1.54) is 18.4 Å². The summed E-state index contributed by atoms with van der Waals surface area (Å²) in [5.41, 5.74) is 4.11. The second-order valence-corrected chi connectivity index (χ2v) is 25.5. The number of carbonyl (C=O) groups excluding carboxylic acids is 2. The van der Waals surface area contributed by atoms with Crippen LogP contribution in [0.2, 0.25) is 39.3 Å². The minimum absolute atomic E-state index is 0.259. The molecule has 0 fully saturated rings. The molecule has 0 aliphatic heterocycles. The number of benzene rings is 3. The van der Waals surface area contributed by atoms with Gasteiger partial charge in [-0.05, 0) is 81.5 Å². The van der Waals surface area contributed by atoms with Gasteiger partial charge in [0.25, 0.3) is 0 Å². The van der Waals surface area contributed by atoms with Crippen LogP contribution in [0.4, 0.5) is 0 Å². The Bertz CT molecular complexity index is 1690. The Hall–Kier alpha value is -3.05. The van der Waals surface area contributed by atoms with E-state index >= 15 is 0 Å². The van der Waals surface area contributed by atoms with Crippen molar-refractivity contribution in [2.75, 3.05) is 13.2 Å². The fourth-order valence-electron chi connectivity index (χ4n) is 5.13. The molecule has 42 heavy (non-hydrogen) atoms. The largest absolute Gasteiger partial charge is 0.462 e. The van der Waals surface area contributed by atoms with E-state index in [4.69, 9.17) is 9.47 Å². The van der Waals surface area contributed by atoms with Crippen LogP contribution in [-0.4, -0.2) is 41.3 Å². The summed E-state index contributed by atoms with van der Waals surface area (Å²) in [6.45, 7) is 18.2.